The fraction of sp³-hybridized carbons (Fsp3) is 0.286. The molecule has 19 heavy (non-hydrogen) atoms. The molecular formula is C14H17NO3S. The molecule has 0 bridgehead atoms. The molecule has 0 aliphatic rings. The Morgan fingerprint density at radius 1 is 1.21 bits per heavy atom. The van der Waals surface area contributed by atoms with Crippen molar-refractivity contribution in [1.29, 1.82) is 0 Å². The summed E-state index contributed by atoms with van der Waals surface area (Å²) in [4.78, 5) is 0.342. The molecule has 0 radical (unpaired) electrons. The van der Waals surface area contributed by atoms with Crippen LogP contribution in [0, 0.1) is 0 Å². The third-order valence-corrected chi connectivity index (χ3v) is 4.21. The number of furan rings is 1. The van der Waals surface area contributed by atoms with Gasteiger partial charge in [0.15, 0.2) is 9.84 Å². The summed E-state index contributed by atoms with van der Waals surface area (Å²) in [5.41, 5.74) is 2.16. The molecule has 1 aromatic carbocycles. The van der Waals surface area contributed by atoms with Crippen LogP contribution in [-0.2, 0) is 16.3 Å². The molecule has 0 amide bonds. The summed E-state index contributed by atoms with van der Waals surface area (Å²) >= 11 is 0. The molecule has 1 atom stereocenters. The van der Waals surface area contributed by atoms with Gasteiger partial charge in [-0.2, -0.15) is 0 Å². The molecule has 0 aliphatic carbocycles. The van der Waals surface area contributed by atoms with E-state index >= 15 is 0 Å². The summed E-state index contributed by atoms with van der Waals surface area (Å²) in [7, 11) is -1.25. The normalized spacial score (nSPS) is 13.4. The predicted octanol–water partition coefficient (Wildman–Crippen LogP) is 2.19. The highest BCUT2D eigenvalue weighted by molar-refractivity contribution is 7.90. The smallest absolute Gasteiger partial charge is 0.175 e. The number of hydrogen-bond acceptors (Lipinski definition) is 4. The Labute approximate surface area is 113 Å². The van der Waals surface area contributed by atoms with E-state index in [0.717, 1.165) is 17.5 Å². The summed E-state index contributed by atoms with van der Waals surface area (Å²) in [6.45, 7) is 0. The zero-order valence-electron chi connectivity index (χ0n) is 11.0. The number of hydrogen-bond donors (Lipinski definition) is 1. The molecule has 1 N–H and O–H groups in total. The first-order chi connectivity index (χ1) is 9.00. The van der Waals surface area contributed by atoms with E-state index in [1.54, 1.807) is 24.7 Å². The molecule has 1 heterocycles. The molecule has 0 spiro atoms. The first-order valence-electron chi connectivity index (χ1n) is 5.99. The summed E-state index contributed by atoms with van der Waals surface area (Å²) in [5, 5.41) is 3.22. The SMILES string of the molecule is CNC(Cc1ccoc1)c1ccc(S(C)(=O)=O)cc1. The molecule has 1 unspecified atom stereocenters. The predicted molar refractivity (Wildman–Crippen MR) is 73.8 cm³/mol. The monoisotopic (exact) mass is 279 g/mol. The van der Waals surface area contributed by atoms with Crippen LogP contribution >= 0.6 is 0 Å². The molecule has 4 nitrogen and oxygen atoms in total. The first kappa shape index (κ1) is 13.8. The molecule has 102 valence electrons. The maximum Gasteiger partial charge on any atom is 0.175 e. The lowest BCUT2D eigenvalue weighted by Crippen LogP contribution is -2.18. The minimum Gasteiger partial charge on any atom is -0.472 e. The summed E-state index contributed by atoms with van der Waals surface area (Å²) < 4.78 is 27.9. The third-order valence-electron chi connectivity index (χ3n) is 3.08. The van der Waals surface area contributed by atoms with Crippen molar-refractivity contribution in [1.82, 2.24) is 5.32 Å². The summed E-state index contributed by atoms with van der Waals surface area (Å²) in [6.07, 6.45) is 5.37. The zero-order chi connectivity index (χ0) is 13.9. The van der Waals surface area contributed by atoms with Crippen LogP contribution in [0.4, 0.5) is 0 Å². The van der Waals surface area contributed by atoms with Gasteiger partial charge < -0.3 is 9.73 Å². The van der Waals surface area contributed by atoms with E-state index in [9.17, 15) is 8.42 Å². The molecule has 0 aliphatic heterocycles. The van der Waals surface area contributed by atoms with Crippen molar-refractivity contribution in [3.63, 3.8) is 0 Å². The topological polar surface area (TPSA) is 59.3 Å². The molecule has 2 aromatic rings. The fourth-order valence-electron chi connectivity index (χ4n) is 1.98. The zero-order valence-corrected chi connectivity index (χ0v) is 11.8. The van der Waals surface area contributed by atoms with Crippen molar-refractivity contribution in [2.24, 2.45) is 0 Å². The van der Waals surface area contributed by atoms with Gasteiger partial charge in [-0.15, -0.1) is 0 Å². The molecule has 2 rings (SSSR count). The molecule has 1 aromatic heterocycles. The third kappa shape index (κ3) is 3.45. The van der Waals surface area contributed by atoms with Crippen LogP contribution in [0.1, 0.15) is 17.2 Å². The number of likely N-dealkylation sites (N-methyl/N-ethyl adjacent to an activating group) is 1. The van der Waals surface area contributed by atoms with E-state index in [1.165, 1.54) is 6.26 Å². The van der Waals surface area contributed by atoms with Gasteiger partial charge in [-0.1, -0.05) is 12.1 Å². The van der Waals surface area contributed by atoms with Gasteiger partial charge in [0.25, 0.3) is 0 Å². The van der Waals surface area contributed by atoms with Crippen molar-refractivity contribution in [3.05, 3.63) is 54.0 Å². The Hall–Kier alpha value is -1.59. The van der Waals surface area contributed by atoms with Gasteiger partial charge in [0.05, 0.1) is 17.4 Å². The van der Waals surface area contributed by atoms with Gasteiger partial charge >= 0.3 is 0 Å². The molecule has 5 heteroatoms. The lowest BCUT2D eigenvalue weighted by Gasteiger charge is -2.16. The molecule has 0 saturated carbocycles. The number of sulfone groups is 1. The fourth-order valence-corrected chi connectivity index (χ4v) is 2.61. The van der Waals surface area contributed by atoms with Gasteiger partial charge in [0.1, 0.15) is 0 Å². The van der Waals surface area contributed by atoms with Crippen LogP contribution in [0.5, 0.6) is 0 Å². The van der Waals surface area contributed by atoms with Crippen molar-refractivity contribution < 1.29 is 12.8 Å². The highest BCUT2D eigenvalue weighted by Gasteiger charge is 2.12. The second-order valence-corrected chi connectivity index (χ2v) is 6.53. The summed E-state index contributed by atoms with van der Waals surface area (Å²) in [6, 6.07) is 9.03. The second kappa shape index (κ2) is 5.59. The van der Waals surface area contributed by atoms with Crippen LogP contribution in [-0.4, -0.2) is 21.7 Å². The highest BCUT2D eigenvalue weighted by atomic mass is 32.2. The van der Waals surface area contributed by atoms with Gasteiger partial charge in [0.2, 0.25) is 0 Å². The van der Waals surface area contributed by atoms with Crippen LogP contribution in [0.25, 0.3) is 0 Å². The maximum absolute atomic E-state index is 11.4. The van der Waals surface area contributed by atoms with E-state index < -0.39 is 9.84 Å². The largest absolute Gasteiger partial charge is 0.472 e. The lowest BCUT2D eigenvalue weighted by molar-refractivity contribution is 0.551. The van der Waals surface area contributed by atoms with E-state index in [1.807, 2.05) is 25.2 Å². The van der Waals surface area contributed by atoms with Crippen LogP contribution in [0.2, 0.25) is 0 Å². The van der Waals surface area contributed by atoms with Crippen LogP contribution < -0.4 is 5.32 Å². The quantitative estimate of drug-likeness (QED) is 0.911. The van der Waals surface area contributed by atoms with Gasteiger partial charge in [-0.05, 0) is 42.8 Å². The average molecular weight is 279 g/mol. The number of nitrogens with one attached hydrogen (secondary N) is 1. The Kier molecular flexibility index (Phi) is 4.07. The minimum atomic E-state index is -3.14. The number of benzene rings is 1. The van der Waals surface area contributed by atoms with E-state index in [2.05, 4.69) is 5.32 Å². The standard InChI is InChI=1S/C14H17NO3S/c1-15-14(9-11-7-8-18-10-11)12-3-5-13(6-4-12)19(2,16)17/h3-8,10,14-15H,9H2,1-2H3. The highest BCUT2D eigenvalue weighted by Crippen LogP contribution is 2.20. The van der Waals surface area contributed by atoms with Gasteiger partial charge in [-0.25, -0.2) is 8.42 Å². The van der Waals surface area contributed by atoms with Gasteiger partial charge in [0, 0.05) is 12.3 Å². The van der Waals surface area contributed by atoms with Crippen LogP contribution in [0.3, 0.4) is 0 Å². The second-order valence-electron chi connectivity index (χ2n) is 4.52. The van der Waals surface area contributed by atoms with Crippen molar-refractivity contribution in [2.75, 3.05) is 13.3 Å². The number of rotatable bonds is 5. The Morgan fingerprint density at radius 3 is 2.37 bits per heavy atom. The average Bonchev–Trinajstić information content (AvgIpc) is 2.88. The maximum atomic E-state index is 11.4. The van der Waals surface area contributed by atoms with E-state index in [4.69, 9.17) is 4.42 Å². The Balaban J connectivity index is 2.20. The van der Waals surface area contributed by atoms with E-state index in [0.29, 0.717) is 4.90 Å². The Bertz CT molecular complexity index is 615. The van der Waals surface area contributed by atoms with Crippen molar-refractivity contribution >= 4 is 9.84 Å². The first-order valence-corrected chi connectivity index (χ1v) is 7.88. The van der Waals surface area contributed by atoms with Crippen molar-refractivity contribution in [2.45, 2.75) is 17.4 Å². The van der Waals surface area contributed by atoms with Gasteiger partial charge in [-0.3, -0.25) is 0 Å². The Morgan fingerprint density at radius 2 is 1.89 bits per heavy atom. The van der Waals surface area contributed by atoms with Crippen LogP contribution in [0.15, 0.2) is 52.2 Å². The molecular weight excluding hydrogens is 262 g/mol. The van der Waals surface area contributed by atoms with Crippen molar-refractivity contribution in [3.8, 4) is 0 Å². The minimum absolute atomic E-state index is 0.131. The lowest BCUT2D eigenvalue weighted by atomic mass is 10.0. The summed E-state index contributed by atoms with van der Waals surface area (Å²) in [5.74, 6) is 0. The molecule has 0 fully saturated rings. The molecule has 0 saturated heterocycles. The van der Waals surface area contributed by atoms with E-state index in [-0.39, 0.29) is 6.04 Å².